The lowest BCUT2D eigenvalue weighted by Gasteiger charge is -2.13. The van der Waals surface area contributed by atoms with Crippen molar-refractivity contribution in [1.82, 2.24) is 5.16 Å². The zero-order valence-electron chi connectivity index (χ0n) is 15.7. The van der Waals surface area contributed by atoms with Crippen molar-refractivity contribution in [2.24, 2.45) is 0 Å². The van der Waals surface area contributed by atoms with Crippen LogP contribution in [-0.4, -0.2) is 19.7 Å². The minimum Gasteiger partial charge on any atom is -0.491 e. The Hall–Kier alpha value is -2.80. The Morgan fingerprint density at radius 1 is 1.04 bits per heavy atom. The van der Waals surface area contributed by atoms with E-state index in [0.717, 1.165) is 11.3 Å². The first-order valence-electron chi connectivity index (χ1n) is 8.60. The molecule has 0 bridgehead atoms. The average Bonchev–Trinajstić information content (AvgIpc) is 2.93. The van der Waals surface area contributed by atoms with E-state index in [4.69, 9.17) is 9.26 Å². The van der Waals surface area contributed by atoms with Crippen LogP contribution in [0.3, 0.4) is 0 Å². The van der Waals surface area contributed by atoms with Crippen LogP contribution in [0.5, 0.6) is 5.75 Å². The van der Waals surface area contributed by atoms with Gasteiger partial charge < -0.3 is 9.26 Å². The molecule has 0 amide bonds. The van der Waals surface area contributed by atoms with Gasteiger partial charge in [0, 0.05) is 11.1 Å². The van der Waals surface area contributed by atoms with E-state index in [0.29, 0.717) is 16.8 Å². The molecule has 6 nitrogen and oxygen atoms in total. The Balaban J connectivity index is 1.97. The van der Waals surface area contributed by atoms with E-state index < -0.39 is 10.0 Å². The second kappa shape index (κ2) is 7.44. The van der Waals surface area contributed by atoms with E-state index in [1.165, 1.54) is 0 Å². The predicted octanol–water partition coefficient (Wildman–Crippen LogP) is 4.55. The summed E-state index contributed by atoms with van der Waals surface area (Å²) >= 11 is 0. The highest BCUT2D eigenvalue weighted by molar-refractivity contribution is 7.92. The first kappa shape index (κ1) is 19.0. The maximum Gasteiger partial charge on any atom is 0.264 e. The lowest BCUT2D eigenvalue weighted by molar-refractivity contribution is 0.242. The molecule has 0 atom stereocenters. The van der Waals surface area contributed by atoms with Gasteiger partial charge in [0.1, 0.15) is 5.75 Å². The Bertz CT molecular complexity index is 1040. The van der Waals surface area contributed by atoms with E-state index >= 15 is 0 Å². The molecular weight excluding hydrogens is 364 g/mol. The summed E-state index contributed by atoms with van der Waals surface area (Å²) < 4.78 is 39.1. The summed E-state index contributed by atoms with van der Waals surface area (Å²) in [5, 5.41) is 3.79. The van der Waals surface area contributed by atoms with Crippen molar-refractivity contribution >= 4 is 15.9 Å². The molecule has 3 aromatic rings. The van der Waals surface area contributed by atoms with Gasteiger partial charge in [0.15, 0.2) is 0 Å². The molecule has 1 N–H and O–H groups in total. The summed E-state index contributed by atoms with van der Waals surface area (Å²) in [5.41, 5.74) is 2.67. The number of nitrogens with one attached hydrogen (secondary N) is 1. The van der Waals surface area contributed by atoms with Crippen molar-refractivity contribution in [2.75, 3.05) is 4.72 Å². The van der Waals surface area contributed by atoms with Crippen LogP contribution >= 0.6 is 0 Å². The van der Waals surface area contributed by atoms with Crippen molar-refractivity contribution in [3.63, 3.8) is 0 Å². The number of benzene rings is 2. The van der Waals surface area contributed by atoms with Crippen LogP contribution in [-0.2, 0) is 10.0 Å². The molecule has 0 unspecified atom stereocenters. The number of rotatable bonds is 6. The Labute approximate surface area is 159 Å². The zero-order valence-corrected chi connectivity index (χ0v) is 16.5. The predicted molar refractivity (Wildman–Crippen MR) is 104 cm³/mol. The van der Waals surface area contributed by atoms with Gasteiger partial charge in [-0.2, -0.15) is 0 Å². The molecule has 0 saturated heterocycles. The van der Waals surface area contributed by atoms with Crippen LogP contribution < -0.4 is 9.46 Å². The van der Waals surface area contributed by atoms with Gasteiger partial charge in [-0.15, -0.1) is 0 Å². The van der Waals surface area contributed by atoms with Crippen LogP contribution in [0.1, 0.15) is 25.1 Å². The fourth-order valence-corrected chi connectivity index (χ4v) is 3.89. The number of hydrogen-bond acceptors (Lipinski definition) is 5. The lowest BCUT2D eigenvalue weighted by atomic mass is 10.1. The average molecular weight is 386 g/mol. The minimum absolute atomic E-state index is 0.0707. The number of aryl methyl sites for hydroxylation is 1. The standard InChI is InChI=1S/C20H22N2O4S/c1-13(2)25-17-11-9-16(10-12-17)18-7-5-6-8-19(18)27(23,24)22-20-14(3)15(4)21-26-20/h5-13,22H,1-4H3. The second-order valence-corrected chi connectivity index (χ2v) is 8.17. The quantitative estimate of drug-likeness (QED) is 0.672. The summed E-state index contributed by atoms with van der Waals surface area (Å²) in [6, 6.07) is 14.2. The third-order valence-corrected chi connectivity index (χ3v) is 5.49. The van der Waals surface area contributed by atoms with Crippen molar-refractivity contribution in [3.05, 3.63) is 59.8 Å². The maximum absolute atomic E-state index is 12.9. The van der Waals surface area contributed by atoms with Crippen LogP contribution in [0.2, 0.25) is 0 Å². The molecule has 0 radical (unpaired) electrons. The third-order valence-electron chi connectivity index (χ3n) is 4.10. The largest absolute Gasteiger partial charge is 0.491 e. The number of aromatic nitrogens is 1. The van der Waals surface area contributed by atoms with Gasteiger partial charge in [0.05, 0.1) is 16.7 Å². The maximum atomic E-state index is 12.9. The normalized spacial score (nSPS) is 11.6. The number of anilines is 1. The highest BCUT2D eigenvalue weighted by Crippen LogP contribution is 2.31. The van der Waals surface area contributed by atoms with Crippen molar-refractivity contribution < 1.29 is 17.7 Å². The summed E-state index contributed by atoms with van der Waals surface area (Å²) in [4.78, 5) is 0.163. The third kappa shape index (κ3) is 4.14. The Morgan fingerprint density at radius 2 is 1.70 bits per heavy atom. The molecule has 0 saturated carbocycles. The van der Waals surface area contributed by atoms with E-state index in [2.05, 4.69) is 9.88 Å². The molecule has 1 aromatic heterocycles. The molecule has 27 heavy (non-hydrogen) atoms. The summed E-state index contributed by atoms with van der Waals surface area (Å²) in [6.45, 7) is 7.41. The Morgan fingerprint density at radius 3 is 2.30 bits per heavy atom. The van der Waals surface area contributed by atoms with Crippen molar-refractivity contribution in [1.29, 1.82) is 0 Å². The SMILES string of the molecule is Cc1noc(NS(=O)(=O)c2ccccc2-c2ccc(OC(C)C)cc2)c1C. The summed E-state index contributed by atoms with van der Waals surface area (Å²) in [7, 11) is -3.85. The summed E-state index contributed by atoms with van der Waals surface area (Å²) in [5.74, 6) is 0.864. The Kier molecular flexibility index (Phi) is 5.23. The number of ether oxygens (including phenoxy) is 1. The van der Waals surface area contributed by atoms with Crippen molar-refractivity contribution in [3.8, 4) is 16.9 Å². The highest BCUT2D eigenvalue weighted by Gasteiger charge is 2.22. The van der Waals surface area contributed by atoms with Gasteiger partial charge in [-0.1, -0.05) is 35.5 Å². The number of nitrogens with zero attached hydrogens (tertiary/aromatic N) is 1. The molecule has 142 valence electrons. The van der Waals surface area contributed by atoms with Crippen LogP contribution in [0.15, 0.2) is 57.9 Å². The van der Waals surface area contributed by atoms with Gasteiger partial charge in [0.25, 0.3) is 10.0 Å². The van der Waals surface area contributed by atoms with Crippen LogP contribution in [0, 0.1) is 13.8 Å². The summed E-state index contributed by atoms with van der Waals surface area (Å²) in [6.07, 6.45) is 0.0707. The smallest absolute Gasteiger partial charge is 0.264 e. The van der Waals surface area contributed by atoms with Crippen LogP contribution in [0.4, 0.5) is 5.88 Å². The van der Waals surface area contributed by atoms with Gasteiger partial charge in [0.2, 0.25) is 5.88 Å². The van der Waals surface area contributed by atoms with Gasteiger partial charge in [-0.25, -0.2) is 13.1 Å². The van der Waals surface area contributed by atoms with Gasteiger partial charge >= 0.3 is 0 Å². The molecule has 1 heterocycles. The van der Waals surface area contributed by atoms with Gasteiger partial charge in [-0.05, 0) is 51.5 Å². The molecule has 0 spiro atoms. The van der Waals surface area contributed by atoms with Gasteiger partial charge in [-0.3, -0.25) is 0 Å². The first-order chi connectivity index (χ1) is 12.8. The lowest BCUT2D eigenvalue weighted by Crippen LogP contribution is -2.14. The van der Waals surface area contributed by atoms with E-state index in [1.54, 1.807) is 38.1 Å². The molecular formula is C20H22N2O4S. The highest BCUT2D eigenvalue weighted by atomic mass is 32.2. The topological polar surface area (TPSA) is 81.4 Å². The van der Waals surface area contributed by atoms with E-state index in [1.807, 2.05) is 38.1 Å². The molecule has 7 heteroatoms. The zero-order chi connectivity index (χ0) is 19.6. The molecule has 0 fully saturated rings. The number of sulfonamides is 1. The first-order valence-corrected chi connectivity index (χ1v) is 10.1. The fraction of sp³-hybridized carbons (Fsp3) is 0.250. The second-order valence-electron chi connectivity index (χ2n) is 6.51. The minimum atomic E-state index is -3.85. The molecule has 3 rings (SSSR count). The molecule has 0 aliphatic carbocycles. The fourth-order valence-electron chi connectivity index (χ4n) is 2.61. The van der Waals surface area contributed by atoms with Crippen molar-refractivity contribution in [2.45, 2.75) is 38.7 Å². The van der Waals surface area contributed by atoms with E-state index in [9.17, 15) is 8.42 Å². The number of hydrogen-bond donors (Lipinski definition) is 1. The monoisotopic (exact) mass is 386 g/mol. The van der Waals surface area contributed by atoms with Crippen LogP contribution in [0.25, 0.3) is 11.1 Å². The molecule has 2 aromatic carbocycles. The molecule has 0 aliphatic heterocycles. The molecule has 0 aliphatic rings. The van der Waals surface area contributed by atoms with E-state index in [-0.39, 0.29) is 16.9 Å².